The normalized spacial score (nSPS) is 15.8. The summed E-state index contributed by atoms with van der Waals surface area (Å²) in [7, 11) is 0. The molecule has 0 aliphatic heterocycles. The van der Waals surface area contributed by atoms with E-state index in [2.05, 4.69) is 0 Å². The Morgan fingerprint density at radius 2 is 1.67 bits per heavy atom. The van der Waals surface area contributed by atoms with Gasteiger partial charge in [0.1, 0.15) is 0 Å². The van der Waals surface area contributed by atoms with Gasteiger partial charge in [0.15, 0.2) is 5.60 Å². The number of halogens is 5. The summed E-state index contributed by atoms with van der Waals surface area (Å²) in [6.07, 6.45) is -4.93. The fraction of sp³-hybridized carbons (Fsp3) is 0.400. The van der Waals surface area contributed by atoms with E-state index in [9.17, 15) is 27.1 Å². The predicted octanol–water partition coefficient (Wildman–Crippen LogP) is 2.71. The maximum Gasteiger partial charge on any atom is 0.422 e. The average Bonchev–Trinajstić information content (AvgIpc) is 2.26. The standard InChI is InChI=1S/C10H10F5NOS/c11-8(12)18-7-3-1-6(2-4-7)9(17,5-16)10(13,14)15/h1-4,8,17H,5,16H2. The maximum absolute atomic E-state index is 12.6. The van der Waals surface area contributed by atoms with Gasteiger partial charge in [0, 0.05) is 11.4 Å². The minimum Gasteiger partial charge on any atom is -0.375 e. The lowest BCUT2D eigenvalue weighted by Crippen LogP contribution is -2.48. The van der Waals surface area contributed by atoms with E-state index < -0.39 is 29.6 Å². The Kier molecular flexibility index (Phi) is 4.57. The Balaban J connectivity index is 3.03. The lowest BCUT2D eigenvalue weighted by molar-refractivity contribution is -0.262. The molecule has 0 heterocycles. The van der Waals surface area contributed by atoms with Gasteiger partial charge in [0.2, 0.25) is 0 Å². The molecule has 0 bridgehead atoms. The van der Waals surface area contributed by atoms with Gasteiger partial charge < -0.3 is 10.8 Å². The number of hydrogen-bond acceptors (Lipinski definition) is 3. The number of hydrogen-bond donors (Lipinski definition) is 2. The molecule has 18 heavy (non-hydrogen) atoms. The van der Waals surface area contributed by atoms with Gasteiger partial charge >= 0.3 is 6.18 Å². The van der Waals surface area contributed by atoms with Crippen molar-refractivity contribution < 1.29 is 27.1 Å². The quantitative estimate of drug-likeness (QED) is 0.661. The number of nitrogens with two attached hydrogens (primary N) is 1. The molecule has 102 valence electrons. The minimum absolute atomic E-state index is 0.107. The molecule has 0 saturated carbocycles. The highest BCUT2D eigenvalue weighted by Crippen LogP contribution is 2.38. The largest absolute Gasteiger partial charge is 0.422 e. The van der Waals surface area contributed by atoms with Crippen molar-refractivity contribution in [2.75, 3.05) is 6.54 Å². The molecule has 1 aromatic carbocycles. The van der Waals surface area contributed by atoms with Crippen molar-refractivity contribution in [3.8, 4) is 0 Å². The van der Waals surface area contributed by atoms with Crippen LogP contribution in [0.3, 0.4) is 0 Å². The lowest BCUT2D eigenvalue weighted by Gasteiger charge is -2.29. The van der Waals surface area contributed by atoms with Crippen LogP contribution >= 0.6 is 11.8 Å². The molecule has 0 aromatic heterocycles. The summed E-state index contributed by atoms with van der Waals surface area (Å²) < 4.78 is 62.0. The van der Waals surface area contributed by atoms with Crippen molar-refractivity contribution in [1.29, 1.82) is 0 Å². The molecular weight excluding hydrogens is 277 g/mol. The van der Waals surface area contributed by atoms with E-state index >= 15 is 0 Å². The van der Waals surface area contributed by atoms with E-state index in [1.54, 1.807) is 0 Å². The van der Waals surface area contributed by atoms with Gasteiger partial charge in [-0.1, -0.05) is 23.9 Å². The van der Waals surface area contributed by atoms with E-state index in [0.717, 1.165) is 24.3 Å². The number of thioether (sulfide) groups is 1. The van der Waals surface area contributed by atoms with Crippen LogP contribution in [0.2, 0.25) is 0 Å². The fourth-order valence-corrected chi connectivity index (χ4v) is 1.81. The summed E-state index contributed by atoms with van der Waals surface area (Å²) >= 11 is 0.205. The highest BCUT2D eigenvalue weighted by Gasteiger charge is 2.53. The first kappa shape index (κ1) is 15.2. The molecule has 0 radical (unpaired) electrons. The summed E-state index contributed by atoms with van der Waals surface area (Å²) in [4.78, 5) is 0.107. The summed E-state index contributed by atoms with van der Waals surface area (Å²) in [5, 5.41) is 9.50. The third-order valence-electron chi connectivity index (χ3n) is 2.32. The second kappa shape index (κ2) is 5.41. The van der Waals surface area contributed by atoms with Crippen molar-refractivity contribution in [3.05, 3.63) is 29.8 Å². The second-order valence-electron chi connectivity index (χ2n) is 3.47. The highest BCUT2D eigenvalue weighted by molar-refractivity contribution is 7.99. The molecular formula is C10H10F5NOS. The third-order valence-corrected chi connectivity index (χ3v) is 3.04. The predicted molar refractivity (Wildman–Crippen MR) is 57.3 cm³/mol. The van der Waals surface area contributed by atoms with Gasteiger partial charge in [-0.05, 0) is 17.7 Å². The Hall–Kier alpha value is -0.860. The Bertz CT molecular complexity index is 394. The molecule has 0 saturated heterocycles. The molecule has 1 atom stereocenters. The SMILES string of the molecule is NCC(O)(c1ccc(SC(F)F)cc1)C(F)(F)F. The van der Waals surface area contributed by atoms with Gasteiger partial charge in [-0.25, -0.2) is 0 Å². The van der Waals surface area contributed by atoms with Crippen LogP contribution in [0.15, 0.2) is 29.2 Å². The van der Waals surface area contributed by atoms with E-state index in [-0.39, 0.29) is 16.7 Å². The topological polar surface area (TPSA) is 46.2 Å². The number of rotatable bonds is 4. The monoisotopic (exact) mass is 287 g/mol. The van der Waals surface area contributed by atoms with Gasteiger partial charge in [-0.3, -0.25) is 0 Å². The van der Waals surface area contributed by atoms with E-state index in [0.29, 0.717) is 0 Å². The molecule has 1 rings (SSSR count). The average molecular weight is 287 g/mol. The van der Waals surface area contributed by atoms with Crippen molar-refractivity contribution in [1.82, 2.24) is 0 Å². The van der Waals surface area contributed by atoms with Gasteiger partial charge in [-0.2, -0.15) is 22.0 Å². The molecule has 8 heteroatoms. The Morgan fingerprint density at radius 3 is 2.00 bits per heavy atom. The molecule has 0 amide bonds. The summed E-state index contributed by atoms with van der Waals surface area (Å²) in [5.74, 6) is -2.66. The molecule has 0 fully saturated rings. The molecule has 3 N–H and O–H groups in total. The summed E-state index contributed by atoms with van der Waals surface area (Å²) in [6.45, 7) is -1.04. The minimum atomic E-state index is -4.93. The molecule has 0 spiro atoms. The molecule has 1 unspecified atom stereocenters. The first-order chi connectivity index (χ1) is 8.20. The number of aliphatic hydroxyl groups is 1. The highest BCUT2D eigenvalue weighted by atomic mass is 32.2. The fourth-order valence-electron chi connectivity index (χ4n) is 1.31. The van der Waals surface area contributed by atoms with E-state index in [1.807, 2.05) is 0 Å². The first-order valence-corrected chi connectivity index (χ1v) is 5.63. The zero-order valence-electron chi connectivity index (χ0n) is 8.92. The molecule has 1 aromatic rings. The van der Waals surface area contributed by atoms with Crippen molar-refractivity contribution in [2.24, 2.45) is 5.73 Å². The van der Waals surface area contributed by atoms with Crippen LogP contribution in [-0.2, 0) is 5.60 Å². The van der Waals surface area contributed by atoms with Crippen LogP contribution in [0, 0.1) is 0 Å². The third kappa shape index (κ3) is 3.12. The number of benzene rings is 1. The molecule has 2 nitrogen and oxygen atoms in total. The molecule has 0 aliphatic rings. The zero-order chi connectivity index (χ0) is 14.0. The summed E-state index contributed by atoms with van der Waals surface area (Å²) in [6, 6.07) is 4.03. The van der Waals surface area contributed by atoms with Crippen LogP contribution in [0.4, 0.5) is 22.0 Å². The lowest BCUT2D eigenvalue weighted by atomic mass is 9.93. The Morgan fingerprint density at radius 1 is 1.17 bits per heavy atom. The van der Waals surface area contributed by atoms with Crippen LogP contribution in [0.25, 0.3) is 0 Å². The van der Waals surface area contributed by atoms with Crippen molar-refractivity contribution in [2.45, 2.75) is 22.4 Å². The Labute approximate surface area is 104 Å². The zero-order valence-corrected chi connectivity index (χ0v) is 9.73. The summed E-state index contributed by atoms with van der Waals surface area (Å²) in [5.41, 5.74) is 1.31. The first-order valence-electron chi connectivity index (χ1n) is 4.75. The van der Waals surface area contributed by atoms with Crippen LogP contribution < -0.4 is 5.73 Å². The smallest absolute Gasteiger partial charge is 0.375 e. The molecule has 0 aliphatic carbocycles. The van der Waals surface area contributed by atoms with E-state index in [4.69, 9.17) is 5.73 Å². The van der Waals surface area contributed by atoms with E-state index in [1.165, 1.54) is 0 Å². The maximum atomic E-state index is 12.6. The van der Waals surface area contributed by atoms with Crippen LogP contribution in [-0.4, -0.2) is 23.6 Å². The van der Waals surface area contributed by atoms with Crippen LogP contribution in [0.1, 0.15) is 5.56 Å². The van der Waals surface area contributed by atoms with Gasteiger partial charge in [-0.15, -0.1) is 0 Å². The second-order valence-corrected chi connectivity index (χ2v) is 4.53. The number of alkyl halides is 5. The van der Waals surface area contributed by atoms with Crippen molar-refractivity contribution in [3.63, 3.8) is 0 Å². The van der Waals surface area contributed by atoms with Gasteiger partial charge in [0.05, 0.1) is 0 Å². The van der Waals surface area contributed by atoms with Crippen molar-refractivity contribution >= 4 is 11.8 Å². The van der Waals surface area contributed by atoms with Crippen LogP contribution in [0.5, 0.6) is 0 Å². The van der Waals surface area contributed by atoms with Gasteiger partial charge in [0.25, 0.3) is 5.76 Å².